The van der Waals surface area contributed by atoms with Crippen molar-refractivity contribution in [3.8, 4) is 5.75 Å². The summed E-state index contributed by atoms with van der Waals surface area (Å²) in [6.45, 7) is 5.10. The van der Waals surface area contributed by atoms with Crippen molar-refractivity contribution in [3.63, 3.8) is 0 Å². The Morgan fingerprint density at radius 1 is 1.06 bits per heavy atom. The Morgan fingerprint density at radius 2 is 1.77 bits per heavy atom. The van der Waals surface area contributed by atoms with Crippen LogP contribution in [0.1, 0.15) is 77.0 Å². The number of fused-ring (bicyclic) bond motifs is 1. The first kappa shape index (κ1) is 33.8. The van der Waals surface area contributed by atoms with Crippen LogP contribution in [0, 0.1) is 0 Å². The molecule has 0 amide bonds. The third kappa shape index (κ3) is 7.19. The van der Waals surface area contributed by atoms with Gasteiger partial charge in [-0.15, -0.1) is 0 Å². The molecule has 6 rings (SSSR count). The van der Waals surface area contributed by atoms with E-state index < -0.39 is 62.2 Å². The summed E-state index contributed by atoms with van der Waals surface area (Å²) < 4.78 is 51.2. The Morgan fingerprint density at radius 3 is 2.40 bits per heavy atom. The Labute approximate surface area is 277 Å². The lowest BCUT2D eigenvalue weighted by atomic mass is 9.92. The molecule has 1 saturated heterocycles. The Kier molecular flexibility index (Phi) is 9.49. The molecule has 3 N–H and O–H groups in total. The van der Waals surface area contributed by atoms with Gasteiger partial charge in [0, 0.05) is 13.8 Å². The van der Waals surface area contributed by atoms with Crippen LogP contribution in [-0.2, 0) is 48.0 Å². The second-order valence-corrected chi connectivity index (χ2v) is 14.3. The first-order valence-electron chi connectivity index (χ1n) is 16.0. The van der Waals surface area contributed by atoms with Crippen LogP contribution < -0.4 is 15.3 Å². The molecular weight excluding hydrogens is 645 g/mol. The van der Waals surface area contributed by atoms with E-state index in [1.807, 2.05) is 12.1 Å². The summed E-state index contributed by atoms with van der Waals surface area (Å²) in [6.07, 6.45) is 2.27. The number of nitrogens with zero attached hydrogens (tertiary/aromatic N) is 3. The van der Waals surface area contributed by atoms with Crippen molar-refractivity contribution in [2.24, 2.45) is 0 Å². The molecular formula is C32H40N5O10P. The van der Waals surface area contributed by atoms with E-state index in [2.05, 4.69) is 15.2 Å². The molecule has 0 radical (unpaired) electrons. The minimum absolute atomic E-state index is 0.184. The molecule has 258 valence electrons. The SMILES string of the molecule is CC(=O)O[C@H]1[C@@H](OC(C)=O)[C@](C)(c2ccc3c(N)ncnn23)O[C@@H]1COP(=O)(N[C@@H](C)C(=O)OC1CCC1)Oc1ccc(C2CC2)cc1. The molecule has 1 aliphatic heterocycles. The molecule has 3 fully saturated rings. The summed E-state index contributed by atoms with van der Waals surface area (Å²) in [6, 6.07) is 9.48. The average Bonchev–Trinajstić information content (AvgIpc) is 3.71. The maximum absolute atomic E-state index is 14.4. The first-order valence-corrected chi connectivity index (χ1v) is 17.5. The van der Waals surface area contributed by atoms with Crippen LogP contribution in [0.4, 0.5) is 5.82 Å². The minimum atomic E-state index is -4.34. The largest absolute Gasteiger partial charge is 0.461 e. The number of hydrogen-bond donors (Lipinski definition) is 2. The number of rotatable bonds is 13. The van der Waals surface area contributed by atoms with E-state index in [0.717, 1.165) is 37.7 Å². The van der Waals surface area contributed by atoms with E-state index in [1.165, 1.54) is 31.6 Å². The number of aromatic nitrogens is 3. The summed E-state index contributed by atoms with van der Waals surface area (Å²) in [5.41, 5.74) is 6.62. The highest BCUT2D eigenvalue weighted by molar-refractivity contribution is 7.52. The average molecular weight is 686 g/mol. The van der Waals surface area contributed by atoms with Crippen LogP contribution >= 0.6 is 7.75 Å². The van der Waals surface area contributed by atoms with Crippen molar-refractivity contribution >= 4 is 37.0 Å². The number of benzene rings is 1. The molecule has 48 heavy (non-hydrogen) atoms. The smallest absolute Gasteiger partial charge is 0.459 e. The normalized spacial score (nSPS) is 25.9. The fourth-order valence-corrected chi connectivity index (χ4v) is 7.47. The lowest BCUT2D eigenvalue weighted by Gasteiger charge is -2.30. The van der Waals surface area contributed by atoms with Gasteiger partial charge in [0.05, 0.1) is 12.3 Å². The van der Waals surface area contributed by atoms with Gasteiger partial charge in [0.1, 0.15) is 41.4 Å². The zero-order chi connectivity index (χ0) is 34.2. The quantitative estimate of drug-likeness (QED) is 0.149. The maximum atomic E-state index is 14.4. The van der Waals surface area contributed by atoms with Crippen molar-refractivity contribution in [1.82, 2.24) is 19.7 Å². The van der Waals surface area contributed by atoms with Gasteiger partial charge in [0.25, 0.3) is 0 Å². The summed E-state index contributed by atoms with van der Waals surface area (Å²) in [7, 11) is -4.34. The first-order chi connectivity index (χ1) is 22.8. The van der Waals surface area contributed by atoms with Gasteiger partial charge in [0.2, 0.25) is 0 Å². The van der Waals surface area contributed by atoms with Crippen LogP contribution in [0.3, 0.4) is 0 Å². The van der Waals surface area contributed by atoms with Crippen molar-refractivity contribution in [2.45, 2.75) is 102 Å². The molecule has 2 saturated carbocycles. The molecule has 3 aromatic rings. The second kappa shape index (κ2) is 13.5. The van der Waals surface area contributed by atoms with Crippen LogP contribution in [0.15, 0.2) is 42.7 Å². The third-order valence-electron chi connectivity index (χ3n) is 8.79. The van der Waals surface area contributed by atoms with Gasteiger partial charge in [-0.05, 0) is 81.7 Å². The zero-order valence-corrected chi connectivity index (χ0v) is 28.1. The van der Waals surface area contributed by atoms with Gasteiger partial charge in [-0.3, -0.25) is 18.9 Å². The number of nitrogens with two attached hydrogens (primary N) is 1. The molecule has 0 bridgehead atoms. The number of nitrogens with one attached hydrogen (secondary N) is 1. The Balaban J connectivity index is 1.29. The summed E-state index contributed by atoms with van der Waals surface area (Å²) in [4.78, 5) is 41.6. The third-order valence-corrected chi connectivity index (χ3v) is 10.4. The lowest BCUT2D eigenvalue weighted by molar-refractivity contribution is -0.168. The monoisotopic (exact) mass is 685 g/mol. The van der Waals surface area contributed by atoms with Crippen molar-refractivity contribution in [3.05, 3.63) is 54.0 Å². The zero-order valence-electron chi connectivity index (χ0n) is 27.2. The van der Waals surface area contributed by atoms with E-state index >= 15 is 0 Å². The predicted octanol–water partition coefficient (Wildman–Crippen LogP) is 3.94. The van der Waals surface area contributed by atoms with E-state index in [1.54, 1.807) is 31.2 Å². The number of carbonyl (C=O) groups excluding carboxylic acids is 3. The van der Waals surface area contributed by atoms with E-state index in [9.17, 15) is 18.9 Å². The minimum Gasteiger partial charge on any atom is -0.461 e. The molecule has 0 spiro atoms. The van der Waals surface area contributed by atoms with Crippen LogP contribution in [0.5, 0.6) is 5.75 Å². The fraction of sp³-hybridized carbons (Fsp3) is 0.531. The Hall–Kier alpha value is -4.04. The van der Waals surface area contributed by atoms with Gasteiger partial charge in [-0.2, -0.15) is 10.2 Å². The highest BCUT2D eigenvalue weighted by atomic mass is 31.2. The molecule has 15 nitrogen and oxygen atoms in total. The highest BCUT2D eigenvalue weighted by Gasteiger charge is 2.59. The molecule has 3 heterocycles. The predicted molar refractivity (Wildman–Crippen MR) is 170 cm³/mol. The van der Waals surface area contributed by atoms with E-state index in [0.29, 0.717) is 17.1 Å². The van der Waals surface area contributed by atoms with Crippen molar-refractivity contribution < 1.29 is 46.9 Å². The number of esters is 3. The molecule has 2 aromatic heterocycles. The summed E-state index contributed by atoms with van der Waals surface area (Å²) in [5.74, 6) is -0.986. The maximum Gasteiger partial charge on any atom is 0.459 e. The fourth-order valence-electron chi connectivity index (χ4n) is 5.97. The molecule has 6 atom stereocenters. The van der Waals surface area contributed by atoms with Gasteiger partial charge < -0.3 is 29.2 Å². The number of hydrogen-bond acceptors (Lipinski definition) is 13. The summed E-state index contributed by atoms with van der Waals surface area (Å²) in [5, 5.41) is 7.00. The lowest BCUT2D eigenvalue weighted by Crippen LogP contribution is -2.45. The standard InChI is InChI=1S/C32H40N5O10P/c1-18(31(40)45-23-6-5-7-23)36-48(41,47-24-12-10-22(11-13-24)21-8-9-21)42-16-26-28(43-19(2)38)29(44-20(3)39)32(4,46-26)27-15-14-25-30(33)34-17-35-37(25)27/h10-15,17-18,21,23,26,28-29H,5-9,16H2,1-4H3,(H,36,41)(H2,33,34,35)/t18-,26+,28+,29+,32-,48?/m0/s1. The topological polar surface area (TPSA) is 192 Å². The van der Waals surface area contributed by atoms with Crippen molar-refractivity contribution in [1.29, 1.82) is 0 Å². The number of ether oxygens (including phenoxy) is 4. The number of nitrogen functional groups attached to an aromatic ring is 1. The van der Waals surface area contributed by atoms with Gasteiger partial charge in [0.15, 0.2) is 18.0 Å². The highest BCUT2D eigenvalue weighted by Crippen LogP contribution is 2.49. The number of anilines is 1. The van der Waals surface area contributed by atoms with E-state index in [4.69, 9.17) is 33.7 Å². The van der Waals surface area contributed by atoms with Crippen LogP contribution in [-0.4, -0.2) is 69.6 Å². The molecule has 1 aromatic carbocycles. The molecule has 1 unspecified atom stereocenters. The molecule has 16 heteroatoms. The second-order valence-electron chi connectivity index (χ2n) is 12.6. The van der Waals surface area contributed by atoms with E-state index in [-0.39, 0.29) is 17.7 Å². The molecule has 3 aliphatic rings. The molecule has 2 aliphatic carbocycles. The Bertz CT molecular complexity index is 1730. The summed E-state index contributed by atoms with van der Waals surface area (Å²) >= 11 is 0. The van der Waals surface area contributed by atoms with Gasteiger partial charge in [-0.1, -0.05) is 12.1 Å². The van der Waals surface area contributed by atoms with Gasteiger partial charge >= 0.3 is 25.7 Å². The van der Waals surface area contributed by atoms with Crippen LogP contribution in [0.25, 0.3) is 5.52 Å². The van der Waals surface area contributed by atoms with Crippen LogP contribution in [0.2, 0.25) is 0 Å². The van der Waals surface area contributed by atoms with Gasteiger partial charge in [-0.25, -0.2) is 14.1 Å². The van der Waals surface area contributed by atoms with Crippen molar-refractivity contribution in [2.75, 3.05) is 12.3 Å². The number of carbonyl (C=O) groups is 3.